The highest BCUT2D eigenvalue weighted by molar-refractivity contribution is 6.03. The number of carbonyl (C=O) groups is 2. The second-order valence-electron chi connectivity index (χ2n) is 8.38. The minimum absolute atomic E-state index is 0.00801. The van der Waals surface area contributed by atoms with Gasteiger partial charge >= 0.3 is 11.7 Å². The summed E-state index contributed by atoms with van der Waals surface area (Å²) < 4.78 is 35.7. The number of rotatable bonds is 8. The Balaban J connectivity index is 1.77. The first-order valence-corrected chi connectivity index (χ1v) is 11.6. The van der Waals surface area contributed by atoms with E-state index in [1.54, 1.807) is 25.1 Å². The summed E-state index contributed by atoms with van der Waals surface area (Å²) in [5, 5.41) is 11.3. The van der Waals surface area contributed by atoms with E-state index >= 15 is 0 Å². The van der Waals surface area contributed by atoms with Crippen LogP contribution in [0.1, 0.15) is 43.2 Å². The molecule has 194 valence electrons. The molecule has 0 radical (unpaired) electrons. The summed E-state index contributed by atoms with van der Waals surface area (Å²) in [6.07, 6.45) is 1.38. The third-order valence-electron chi connectivity index (χ3n) is 6.12. The molecule has 2 aliphatic rings. The zero-order valence-corrected chi connectivity index (χ0v) is 20.2. The third kappa shape index (κ3) is 5.11. The lowest BCUT2D eigenvalue weighted by Crippen LogP contribution is -2.31. The third-order valence-corrected chi connectivity index (χ3v) is 6.12. The molecule has 1 unspecified atom stereocenters. The van der Waals surface area contributed by atoms with Crippen LogP contribution >= 0.6 is 0 Å². The van der Waals surface area contributed by atoms with Crippen molar-refractivity contribution in [2.24, 2.45) is 5.73 Å². The molecule has 2 N–H and O–H groups in total. The Labute approximate surface area is 211 Å². The van der Waals surface area contributed by atoms with Gasteiger partial charge in [0.2, 0.25) is 5.88 Å². The van der Waals surface area contributed by atoms with Gasteiger partial charge in [-0.15, -0.1) is 0 Å². The van der Waals surface area contributed by atoms with Crippen molar-refractivity contribution in [1.29, 1.82) is 0 Å². The van der Waals surface area contributed by atoms with Gasteiger partial charge in [-0.05, 0) is 37.1 Å². The number of halogens is 1. The summed E-state index contributed by atoms with van der Waals surface area (Å²) >= 11 is 0. The highest BCUT2D eigenvalue weighted by Gasteiger charge is 2.41. The van der Waals surface area contributed by atoms with E-state index in [4.69, 9.17) is 24.7 Å². The number of hydrogen-bond acceptors (Lipinski definition) is 9. The standard InChI is InChI=1S/C26H25FN2O8/c1-3-35-26(31)24-22(23-18(30)5-4-6-20(23)37-25(24)28)14-7-10-19(34-2)15(11-14)13-36-21-12-16(27)8-9-17(21)29(32)33/h7-12,22H,3-6,13,28H2,1-2H3. The minimum atomic E-state index is -0.858. The maximum absolute atomic E-state index is 13.8. The molecule has 0 fully saturated rings. The molecule has 11 heteroatoms. The van der Waals surface area contributed by atoms with Crippen LogP contribution in [0.3, 0.4) is 0 Å². The Morgan fingerprint density at radius 3 is 2.70 bits per heavy atom. The van der Waals surface area contributed by atoms with Gasteiger partial charge in [0.1, 0.15) is 29.5 Å². The largest absolute Gasteiger partial charge is 0.496 e. The average Bonchev–Trinajstić information content (AvgIpc) is 2.86. The number of methoxy groups -OCH3 is 1. The molecule has 0 saturated carbocycles. The lowest BCUT2D eigenvalue weighted by Gasteiger charge is -2.32. The second kappa shape index (κ2) is 10.7. The van der Waals surface area contributed by atoms with Crippen LogP contribution in [0.2, 0.25) is 0 Å². The summed E-state index contributed by atoms with van der Waals surface area (Å²) in [5.41, 5.74) is 7.04. The van der Waals surface area contributed by atoms with Gasteiger partial charge in [0.25, 0.3) is 0 Å². The van der Waals surface area contributed by atoms with Crippen LogP contribution in [0.15, 0.2) is 59.2 Å². The molecule has 2 aromatic rings. The first kappa shape index (κ1) is 25.7. The fraction of sp³-hybridized carbons (Fsp3) is 0.308. The minimum Gasteiger partial charge on any atom is -0.496 e. The van der Waals surface area contributed by atoms with Crippen molar-refractivity contribution in [3.63, 3.8) is 0 Å². The monoisotopic (exact) mass is 512 g/mol. The Bertz CT molecular complexity index is 1330. The number of hydrogen-bond donors (Lipinski definition) is 1. The fourth-order valence-corrected chi connectivity index (χ4v) is 4.50. The number of allylic oxidation sites excluding steroid dienone is 2. The summed E-state index contributed by atoms with van der Waals surface area (Å²) in [7, 11) is 1.44. The molecular weight excluding hydrogens is 487 g/mol. The first-order valence-electron chi connectivity index (χ1n) is 11.6. The number of benzene rings is 2. The van der Waals surface area contributed by atoms with Crippen LogP contribution in [0.5, 0.6) is 11.5 Å². The van der Waals surface area contributed by atoms with E-state index in [1.165, 1.54) is 7.11 Å². The molecule has 0 bridgehead atoms. The van der Waals surface area contributed by atoms with E-state index in [0.29, 0.717) is 47.5 Å². The Morgan fingerprint density at radius 1 is 1.22 bits per heavy atom. The van der Waals surface area contributed by atoms with E-state index in [2.05, 4.69) is 0 Å². The van der Waals surface area contributed by atoms with E-state index in [1.807, 2.05) is 0 Å². The van der Waals surface area contributed by atoms with Gasteiger partial charge in [-0.25, -0.2) is 9.18 Å². The molecule has 1 atom stereocenters. The molecule has 1 aliphatic carbocycles. The van der Waals surface area contributed by atoms with Crippen LogP contribution in [0, 0.1) is 15.9 Å². The summed E-state index contributed by atoms with van der Waals surface area (Å²) in [6, 6.07) is 7.86. The normalized spacial score (nSPS) is 17.2. The molecule has 0 saturated heterocycles. The Kier molecular flexibility index (Phi) is 7.42. The van der Waals surface area contributed by atoms with Gasteiger partial charge < -0.3 is 24.7 Å². The average molecular weight is 512 g/mol. The van der Waals surface area contributed by atoms with Crippen molar-refractivity contribution in [3.05, 3.63) is 86.2 Å². The molecule has 37 heavy (non-hydrogen) atoms. The van der Waals surface area contributed by atoms with Crippen molar-refractivity contribution < 1.29 is 37.9 Å². The number of Topliss-reactive ketones (excluding diaryl/α,β-unsaturated/α-hetero) is 1. The van der Waals surface area contributed by atoms with E-state index < -0.39 is 28.3 Å². The zero-order valence-electron chi connectivity index (χ0n) is 20.2. The number of nitrogens with zero attached hydrogens (tertiary/aromatic N) is 1. The first-order chi connectivity index (χ1) is 17.7. The fourth-order valence-electron chi connectivity index (χ4n) is 4.50. The van der Waals surface area contributed by atoms with E-state index in [9.17, 15) is 24.1 Å². The number of nitro benzene ring substituents is 1. The topological polar surface area (TPSA) is 140 Å². The van der Waals surface area contributed by atoms with Crippen molar-refractivity contribution in [3.8, 4) is 11.5 Å². The smallest absolute Gasteiger partial charge is 0.340 e. The molecule has 2 aromatic carbocycles. The number of ether oxygens (including phenoxy) is 4. The van der Waals surface area contributed by atoms with E-state index in [-0.39, 0.29) is 36.2 Å². The SMILES string of the molecule is CCOC(=O)C1=C(N)OC2=C(C(=O)CCC2)C1c1ccc(OC)c(COc2cc(F)ccc2[N+](=O)[O-])c1. The number of carbonyl (C=O) groups excluding carboxylic acids is 2. The van der Waals surface area contributed by atoms with Gasteiger partial charge in [0, 0.05) is 36.1 Å². The van der Waals surface area contributed by atoms with Crippen molar-refractivity contribution >= 4 is 17.4 Å². The summed E-state index contributed by atoms with van der Waals surface area (Å²) in [6.45, 7) is 1.52. The Morgan fingerprint density at radius 2 is 2.00 bits per heavy atom. The highest BCUT2D eigenvalue weighted by Crippen LogP contribution is 2.45. The van der Waals surface area contributed by atoms with Crippen molar-refractivity contribution in [2.75, 3.05) is 13.7 Å². The van der Waals surface area contributed by atoms with Crippen LogP contribution < -0.4 is 15.2 Å². The number of esters is 1. The number of nitro groups is 1. The van der Waals surface area contributed by atoms with Gasteiger partial charge in [0.05, 0.1) is 24.6 Å². The van der Waals surface area contributed by atoms with Crippen LogP contribution in [-0.4, -0.2) is 30.4 Å². The molecule has 0 spiro atoms. The van der Waals surface area contributed by atoms with Gasteiger partial charge in [-0.2, -0.15) is 0 Å². The molecule has 1 heterocycles. The zero-order chi connectivity index (χ0) is 26.7. The summed E-state index contributed by atoms with van der Waals surface area (Å²) in [5.74, 6) is -2.02. The molecule has 4 rings (SSSR count). The van der Waals surface area contributed by atoms with Crippen LogP contribution in [-0.2, 0) is 25.7 Å². The second-order valence-corrected chi connectivity index (χ2v) is 8.38. The predicted molar refractivity (Wildman–Crippen MR) is 128 cm³/mol. The quantitative estimate of drug-likeness (QED) is 0.313. The molecule has 0 aromatic heterocycles. The maximum atomic E-state index is 13.8. The predicted octanol–water partition coefficient (Wildman–Crippen LogP) is 4.18. The van der Waals surface area contributed by atoms with Crippen molar-refractivity contribution in [2.45, 2.75) is 38.7 Å². The highest BCUT2D eigenvalue weighted by atomic mass is 19.1. The van der Waals surface area contributed by atoms with E-state index in [0.717, 1.165) is 18.2 Å². The van der Waals surface area contributed by atoms with Gasteiger partial charge in [-0.1, -0.05) is 6.07 Å². The van der Waals surface area contributed by atoms with Gasteiger partial charge in [0.15, 0.2) is 11.5 Å². The number of ketones is 1. The molecule has 10 nitrogen and oxygen atoms in total. The van der Waals surface area contributed by atoms with Crippen LogP contribution in [0.25, 0.3) is 0 Å². The Hall–Kier alpha value is -4.41. The molecular formula is C26H25FN2O8. The van der Waals surface area contributed by atoms with Gasteiger partial charge in [-0.3, -0.25) is 14.9 Å². The maximum Gasteiger partial charge on any atom is 0.340 e. The lowest BCUT2D eigenvalue weighted by molar-refractivity contribution is -0.386. The number of nitrogens with two attached hydrogens (primary N) is 1. The summed E-state index contributed by atoms with van der Waals surface area (Å²) in [4.78, 5) is 36.6. The molecule has 1 aliphatic heterocycles. The lowest BCUT2D eigenvalue weighted by atomic mass is 9.77. The van der Waals surface area contributed by atoms with Crippen molar-refractivity contribution in [1.82, 2.24) is 0 Å². The molecule has 0 amide bonds. The van der Waals surface area contributed by atoms with Crippen LogP contribution in [0.4, 0.5) is 10.1 Å².